The number of hydrogen-bond donors (Lipinski definition) is 0. The molecule has 1 nitrogen and oxygen atoms in total. The number of allylic oxidation sites excluding steroid dienone is 7. The molecular formula is C20H30O. The van der Waals surface area contributed by atoms with E-state index in [1.165, 1.54) is 16.7 Å². The predicted molar refractivity (Wildman–Crippen MR) is 92.3 cm³/mol. The minimum atomic E-state index is -0.0245. The van der Waals surface area contributed by atoms with Gasteiger partial charge in [-0.05, 0) is 59.8 Å². The molecule has 1 aliphatic carbocycles. The van der Waals surface area contributed by atoms with Crippen molar-refractivity contribution in [3.8, 4) is 0 Å². The highest BCUT2D eigenvalue weighted by atomic mass is 16.1. The van der Waals surface area contributed by atoms with Crippen LogP contribution < -0.4 is 0 Å². The minimum absolute atomic E-state index is 0.0245. The largest absolute Gasteiger partial charge is 0.299 e. The van der Waals surface area contributed by atoms with Gasteiger partial charge in [-0.3, -0.25) is 4.79 Å². The molecular weight excluding hydrogens is 256 g/mol. The number of Topliss-reactive ketones (excluding diaryl/α,β-unsaturated/α-hetero) is 1. The second-order valence-corrected chi connectivity index (χ2v) is 6.51. The SMILES string of the molecule is C=C(C)[C@@H]1C/C=C(\C)CC/C=C(/C)CC/C=C(/C)CC1=O. The van der Waals surface area contributed by atoms with Crippen molar-refractivity contribution in [2.75, 3.05) is 0 Å². The van der Waals surface area contributed by atoms with Gasteiger partial charge in [0.2, 0.25) is 0 Å². The van der Waals surface area contributed by atoms with Crippen molar-refractivity contribution in [1.82, 2.24) is 0 Å². The lowest BCUT2D eigenvalue weighted by Crippen LogP contribution is -2.15. The van der Waals surface area contributed by atoms with Crippen LogP contribution in [0.5, 0.6) is 0 Å². The highest BCUT2D eigenvalue weighted by Gasteiger charge is 2.18. The van der Waals surface area contributed by atoms with E-state index in [4.69, 9.17) is 0 Å². The highest BCUT2D eigenvalue weighted by molar-refractivity contribution is 5.85. The lowest BCUT2D eigenvalue weighted by molar-refractivity contribution is -0.121. The number of carbonyl (C=O) groups excluding carboxylic acids is 1. The zero-order valence-electron chi connectivity index (χ0n) is 14.2. The molecule has 0 heterocycles. The van der Waals surface area contributed by atoms with Crippen LogP contribution >= 0.6 is 0 Å². The van der Waals surface area contributed by atoms with E-state index in [9.17, 15) is 4.79 Å². The monoisotopic (exact) mass is 286 g/mol. The van der Waals surface area contributed by atoms with E-state index in [0.29, 0.717) is 12.2 Å². The summed E-state index contributed by atoms with van der Waals surface area (Å²) in [6.07, 6.45) is 12.5. The third kappa shape index (κ3) is 6.75. The Morgan fingerprint density at radius 2 is 1.52 bits per heavy atom. The highest BCUT2D eigenvalue weighted by Crippen LogP contribution is 2.22. The van der Waals surface area contributed by atoms with Crippen molar-refractivity contribution in [2.24, 2.45) is 5.92 Å². The van der Waals surface area contributed by atoms with Crippen LogP contribution in [0, 0.1) is 5.92 Å². The van der Waals surface area contributed by atoms with Gasteiger partial charge in [-0.1, -0.05) is 47.1 Å². The molecule has 0 unspecified atom stereocenters. The maximum atomic E-state index is 12.5. The first-order valence-corrected chi connectivity index (χ1v) is 8.05. The van der Waals surface area contributed by atoms with Crippen LogP contribution in [0.25, 0.3) is 0 Å². The Labute approximate surface area is 130 Å². The summed E-state index contributed by atoms with van der Waals surface area (Å²) in [5.41, 5.74) is 5.01. The zero-order valence-corrected chi connectivity index (χ0v) is 14.2. The zero-order chi connectivity index (χ0) is 15.8. The Kier molecular flexibility index (Phi) is 7.42. The summed E-state index contributed by atoms with van der Waals surface area (Å²) in [5, 5.41) is 0. The van der Waals surface area contributed by atoms with Crippen molar-refractivity contribution in [3.63, 3.8) is 0 Å². The summed E-state index contributed by atoms with van der Waals surface area (Å²) < 4.78 is 0. The first-order chi connectivity index (χ1) is 9.90. The topological polar surface area (TPSA) is 17.1 Å². The smallest absolute Gasteiger partial charge is 0.144 e. The number of hydrogen-bond acceptors (Lipinski definition) is 1. The van der Waals surface area contributed by atoms with Crippen LogP contribution in [0.1, 0.15) is 66.2 Å². The summed E-state index contributed by atoms with van der Waals surface area (Å²) in [6.45, 7) is 12.4. The Morgan fingerprint density at radius 1 is 1.00 bits per heavy atom. The molecule has 0 saturated carbocycles. The lowest BCUT2D eigenvalue weighted by atomic mass is 9.88. The lowest BCUT2D eigenvalue weighted by Gasteiger charge is -2.15. The number of ketones is 1. The predicted octanol–water partition coefficient (Wildman–Crippen LogP) is 5.94. The Bertz CT molecular complexity index is 474. The fourth-order valence-corrected chi connectivity index (χ4v) is 2.69. The third-order valence-corrected chi connectivity index (χ3v) is 4.20. The van der Waals surface area contributed by atoms with E-state index < -0.39 is 0 Å². The van der Waals surface area contributed by atoms with Crippen molar-refractivity contribution in [1.29, 1.82) is 0 Å². The van der Waals surface area contributed by atoms with Crippen molar-refractivity contribution in [2.45, 2.75) is 66.2 Å². The van der Waals surface area contributed by atoms with Gasteiger partial charge in [-0.15, -0.1) is 0 Å². The second kappa shape index (κ2) is 8.81. The molecule has 0 saturated heterocycles. The van der Waals surface area contributed by atoms with E-state index in [1.54, 1.807) is 0 Å². The molecule has 1 heteroatoms. The fourth-order valence-electron chi connectivity index (χ4n) is 2.69. The molecule has 0 aliphatic heterocycles. The summed E-state index contributed by atoms with van der Waals surface area (Å²) in [5.74, 6) is 0.285. The minimum Gasteiger partial charge on any atom is -0.299 e. The van der Waals surface area contributed by atoms with Crippen molar-refractivity contribution < 1.29 is 4.79 Å². The molecule has 1 aliphatic rings. The molecule has 1 atom stereocenters. The van der Waals surface area contributed by atoms with E-state index in [2.05, 4.69) is 45.6 Å². The van der Waals surface area contributed by atoms with E-state index in [0.717, 1.165) is 37.7 Å². The first kappa shape index (κ1) is 17.7. The van der Waals surface area contributed by atoms with Gasteiger partial charge in [0.15, 0.2) is 0 Å². The average Bonchev–Trinajstić information content (AvgIpc) is 2.37. The standard InChI is InChI=1S/C20H30O/c1-15(2)19-13-12-17(4)10-6-8-16(3)9-7-11-18(5)14-20(19)21/h8,11-12,19H,1,6-7,9-10,13-14H2,2-5H3/b16-8-,17-12+,18-11-/t19-/m0/s1. The number of carbonyl (C=O) groups is 1. The van der Waals surface area contributed by atoms with Crippen molar-refractivity contribution in [3.05, 3.63) is 47.1 Å². The van der Waals surface area contributed by atoms with Gasteiger partial charge >= 0.3 is 0 Å². The molecule has 0 bridgehead atoms. The molecule has 21 heavy (non-hydrogen) atoms. The summed E-state index contributed by atoms with van der Waals surface area (Å²) in [6, 6.07) is 0. The summed E-state index contributed by atoms with van der Waals surface area (Å²) >= 11 is 0. The van der Waals surface area contributed by atoms with Gasteiger partial charge in [-0.25, -0.2) is 0 Å². The van der Waals surface area contributed by atoms with Crippen molar-refractivity contribution >= 4 is 5.78 Å². The molecule has 0 amide bonds. The van der Waals surface area contributed by atoms with Gasteiger partial charge in [0, 0.05) is 12.3 Å². The molecule has 0 N–H and O–H groups in total. The molecule has 0 spiro atoms. The molecule has 0 aromatic carbocycles. The Hall–Kier alpha value is -1.37. The van der Waals surface area contributed by atoms with Crippen LogP contribution in [-0.2, 0) is 4.79 Å². The maximum absolute atomic E-state index is 12.5. The summed E-state index contributed by atoms with van der Waals surface area (Å²) in [7, 11) is 0. The van der Waals surface area contributed by atoms with Gasteiger partial charge in [0.25, 0.3) is 0 Å². The fraction of sp³-hybridized carbons (Fsp3) is 0.550. The van der Waals surface area contributed by atoms with Crippen LogP contribution in [0.3, 0.4) is 0 Å². The summed E-state index contributed by atoms with van der Waals surface area (Å²) in [4.78, 5) is 12.5. The first-order valence-electron chi connectivity index (χ1n) is 8.05. The Morgan fingerprint density at radius 3 is 2.10 bits per heavy atom. The molecule has 0 aromatic heterocycles. The quantitative estimate of drug-likeness (QED) is 0.545. The van der Waals surface area contributed by atoms with E-state index >= 15 is 0 Å². The van der Waals surface area contributed by atoms with Gasteiger partial charge in [0.1, 0.15) is 5.78 Å². The molecule has 1 rings (SSSR count). The normalized spacial score (nSPS) is 30.2. The van der Waals surface area contributed by atoms with E-state index in [1.807, 2.05) is 6.92 Å². The second-order valence-electron chi connectivity index (χ2n) is 6.51. The molecule has 0 fully saturated rings. The molecule has 0 radical (unpaired) electrons. The third-order valence-electron chi connectivity index (χ3n) is 4.20. The molecule has 0 aromatic rings. The van der Waals surface area contributed by atoms with Gasteiger partial charge < -0.3 is 0 Å². The molecule has 116 valence electrons. The van der Waals surface area contributed by atoms with Crippen LogP contribution in [-0.4, -0.2) is 5.78 Å². The number of rotatable bonds is 1. The van der Waals surface area contributed by atoms with Crippen LogP contribution in [0.4, 0.5) is 0 Å². The Balaban J connectivity index is 2.92. The van der Waals surface area contributed by atoms with Gasteiger partial charge in [0.05, 0.1) is 0 Å². The maximum Gasteiger partial charge on any atom is 0.144 e. The van der Waals surface area contributed by atoms with Crippen LogP contribution in [0.15, 0.2) is 47.1 Å². The van der Waals surface area contributed by atoms with E-state index in [-0.39, 0.29) is 5.92 Å². The van der Waals surface area contributed by atoms with Crippen LogP contribution in [0.2, 0.25) is 0 Å². The van der Waals surface area contributed by atoms with Gasteiger partial charge in [-0.2, -0.15) is 0 Å². The average molecular weight is 286 g/mol.